The fourth-order valence-corrected chi connectivity index (χ4v) is 16.4. The number of ketones is 4. The quantitative estimate of drug-likeness (QED) is 0.00741. The number of halogens is 6. The normalized spacial score (nSPS) is 15.2. The van der Waals surface area contributed by atoms with Crippen molar-refractivity contribution < 1.29 is 76.8 Å². The molecular weight excluding hydrogens is 2010 g/mol. The van der Waals surface area contributed by atoms with Crippen LogP contribution in [0.15, 0.2) is 187 Å². The summed E-state index contributed by atoms with van der Waals surface area (Å²) in [6, 6.07) is 56.1. The fraction of sp³-hybridized carbons (Fsp3) is 0.409. The molecule has 12 aromatic rings. The smallest absolute Gasteiger partial charge is 0.375 e. The van der Waals surface area contributed by atoms with Crippen molar-refractivity contribution in [1.29, 1.82) is 0 Å². The summed E-state index contributed by atoms with van der Waals surface area (Å²) in [7, 11) is 1.33. The molecule has 0 saturated heterocycles. The van der Waals surface area contributed by atoms with E-state index in [1.807, 2.05) is 138 Å². The van der Waals surface area contributed by atoms with E-state index in [1.165, 1.54) is 50.3 Å². The van der Waals surface area contributed by atoms with Crippen LogP contribution in [-0.4, -0.2) is 161 Å². The van der Waals surface area contributed by atoms with Gasteiger partial charge in [0.15, 0.2) is 17.1 Å². The van der Waals surface area contributed by atoms with Gasteiger partial charge in [0.25, 0.3) is 5.91 Å². The number of nitrogens with two attached hydrogens (primary N) is 3. The Hall–Kier alpha value is -12.8. The lowest BCUT2D eigenvalue weighted by atomic mass is 10.1. The Kier molecular flexibility index (Phi) is 40.2. The van der Waals surface area contributed by atoms with Gasteiger partial charge in [-0.05, 0) is 310 Å². The van der Waals surface area contributed by atoms with Gasteiger partial charge in [-0.1, -0.05) is 111 Å². The Morgan fingerprint density at radius 3 is 0.980 bits per heavy atom. The van der Waals surface area contributed by atoms with E-state index >= 15 is 0 Å². The van der Waals surface area contributed by atoms with Crippen LogP contribution < -0.4 is 17.2 Å². The number of oxime groups is 1. The first-order valence-corrected chi connectivity index (χ1v) is 52.2. The molecule has 0 aliphatic heterocycles. The highest BCUT2D eigenvalue weighted by molar-refractivity contribution is 6.40. The van der Waals surface area contributed by atoms with E-state index in [0.717, 1.165) is 157 Å². The highest BCUT2D eigenvalue weighted by Crippen LogP contribution is 2.46. The summed E-state index contributed by atoms with van der Waals surface area (Å²) in [6.45, 7) is 14.2. The number of aromatic nitrogens is 12. The van der Waals surface area contributed by atoms with Crippen molar-refractivity contribution in [3.63, 3.8) is 0 Å². The van der Waals surface area contributed by atoms with Gasteiger partial charge in [0.05, 0.1) is 119 Å². The molecule has 9 aliphatic carbocycles. The number of primary amides is 1. The summed E-state index contributed by atoms with van der Waals surface area (Å²) >= 11 is 36.0. The molecule has 0 atom stereocenters. The van der Waals surface area contributed by atoms with Gasteiger partial charge in [-0.3, -0.25) is 28.8 Å². The average molecular weight is 2140 g/mol. The van der Waals surface area contributed by atoms with Crippen molar-refractivity contribution in [2.45, 2.75) is 244 Å². The van der Waals surface area contributed by atoms with Gasteiger partial charge in [-0.15, -0.1) is 0 Å². The van der Waals surface area contributed by atoms with Gasteiger partial charge in [-0.25, -0.2) is 47.3 Å². The van der Waals surface area contributed by atoms with Crippen molar-refractivity contribution in [1.82, 2.24) is 58.7 Å². The third-order valence-corrected chi connectivity index (χ3v) is 25.8. The average Bonchev–Trinajstić information content (AvgIpc) is 1.64. The molecule has 1 amide bonds. The Morgan fingerprint density at radius 2 is 0.682 bits per heavy atom. The molecule has 7 N–H and O–H groups in total. The Labute approximate surface area is 889 Å². The first kappa shape index (κ1) is 112. The number of esters is 4. The number of hydrogen-bond acceptors (Lipinski definition) is 24. The van der Waals surface area contributed by atoms with Gasteiger partial charge in [0.2, 0.25) is 5.78 Å². The van der Waals surface area contributed by atoms with E-state index in [0.29, 0.717) is 127 Å². The molecule has 9 fully saturated rings. The predicted molar refractivity (Wildman–Crippen MR) is 565 cm³/mol. The summed E-state index contributed by atoms with van der Waals surface area (Å²) in [5.74, 6) is -0.0897. The van der Waals surface area contributed by atoms with Crippen LogP contribution in [0.1, 0.15) is 302 Å². The number of aromatic carboxylic acids is 1. The number of ether oxygens (including phenoxy) is 4. The number of carbonyl (C=O) groups is 10. The molecule has 6 aromatic heterocycles. The number of carboxylic acid groups (broad SMARTS) is 1. The van der Waals surface area contributed by atoms with Gasteiger partial charge in [0, 0.05) is 109 Å². The summed E-state index contributed by atoms with van der Waals surface area (Å²) < 4.78 is 30.1. The van der Waals surface area contributed by atoms with E-state index in [1.54, 1.807) is 97.7 Å². The molecular formula is C110H124Cl6N16O16. The summed E-state index contributed by atoms with van der Waals surface area (Å²) in [5.41, 5.74) is 31.9. The zero-order chi connectivity index (χ0) is 106. The molecule has 6 aromatic carbocycles. The third-order valence-electron chi connectivity index (χ3n) is 24.4. The maximum absolute atomic E-state index is 12.1. The lowest BCUT2D eigenvalue weighted by molar-refractivity contribution is -0.154. The van der Waals surface area contributed by atoms with Crippen LogP contribution >= 0.6 is 69.6 Å². The largest absolute Gasteiger partial charge is 0.477 e. The molecule has 38 heteroatoms. The molecule has 9 aliphatic rings. The van der Waals surface area contributed by atoms with Crippen LogP contribution in [0.5, 0.6) is 0 Å². The lowest BCUT2D eigenvalue weighted by Gasteiger charge is -2.19. The fourth-order valence-electron chi connectivity index (χ4n) is 15.3. The summed E-state index contributed by atoms with van der Waals surface area (Å²) in [4.78, 5) is 117. The second-order valence-electron chi connectivity index (χ2n) is 38.2. The number of aryl methyl sites for hydroxylation is 1. The minimum absolute atomic E-state index is 0.0112. The molecule has 148 heavy (non-hydrogen) atoms. The maximum atomic E-state index is 12.1. The highest BCUT2D eigenvalue weighted by atomic mass is 35.5. The number of carboxylic acids is 1. The molecule has 782 valence electrons. The number of nitrogens with zero attached hydrogens (tertiary/aromatic N) is 13. The first-order valence-electron chi connectivity index (χ1n) is 50.0. The number of rotatable bonds is 33. The van der Waals surface area contributed by atoms with Crippen LogP contribution in [0.2, 0.25) is 30.1 Å². The lowest BCUT2D eigenvalue weighted by Crippen LogP contribution is -2.24. The topological polar surface area (TPSA) is 434 Å². The van der Waals surface area contributed by atoms with Crippen LogP contribution in [-0.2, 0) is 76.9 Å². The van der Waals surface area contributed by atoms with Crippen molar-refractivity contribution in [3.05, 3.63) is 280 Å². The van der Waals surface area contributed by atoms with Gasteiger partial charge >= 0.3 is 29.8 Å². The minimum Gasteiger partial charge on any atom is -0.477 e. The number of amides is 1. The Bertz CT molecular complexity index is 6520. The monoisotopic (exact) mass is 2130 g/mol. The number of hydrogen-bond donors (Lipinski definition) is 4. The molecule has 0 radical (unpaired) electrons. The van der Waals surface area contributed by atoms with Crippen molar-refractivity contribution in [2.24, 2.45) is 40.1 Å². The SMILES string of the molecule is CC(=O)C1CC1.CC(C)(C)OC(=O)CCc1cc(C2CC2)nn1-c1cccc(Cl)c1.CCOC(=O)/C(CC(=O)C1CC1)=N\OC.CCOC(=O)C(=O)CC(=O)C1CC1.CCOC(=O)c1cc(C2CC2)nn1-c1cccc(Cl)c1.NC(=O)c1cc(C2CC2)nn1-c1cccc(Cl)c1.NCc1cc(C2CC2)nn1-c1cccc(Cl)c1.NCc1cc(C2CC2)nn1-c1cccc(Cl)c1.O=C(O)c1cc(C2CC2)nn1-c1cccc(Cl)c1. The number of Topliss-reactive ketones (excluding diaryl/α,β-unsaturated/α-hetero) is 4. The van der Waals surface area contributed by atoms with Crippen molar-refractivity contribution in [2.75, 3.05) is 26.9 Å². The molecule has 6 heterocycles. The molecule has 9 saturated carbocycles. The molecule has 0 spiro atoms. The third kappa shape index (κ3) is 34.4. The van der Waals surface area contributed by atoms with Gasteiger partial charge in [-0.2, -0.15) is 30.6 Å². The molecule has 21 rings (SSSR count). The standard InChI is InChI=1S/C19H23ClN2O2.C15H15ClN2O2.C13H12ClN3O.2C13H14ClN3.C13H11ClN2O2.C10H15NO4.C9H12O4.C5H8O/c1-19(2,3)24-18(23)10-9-16-12-17(13-7-8-13)21-22(16)15-6-4-5-14(20)11-15;1-2-20-15(19)14-9-13(10-6-7-10)17-18(14)12-5-3-4-11(16)8-12;14-9-2-1-3-10(6-9)17-12(13(15)18)7-11(16-17)8-4-5-8;2*14-10-2-1-3-11(6-10)17-12(8-15)7-13(16-17)9-4-5-9;14-9-2-1-3-10(6-9)16-12(13(17)18)7-11(15-16)8-4-5-8;1-3-15-10(13)8(11-14-2)6-9(12)7-4-5-7;1-2-13-9(12)8(11)5-7(10)6-3-4-6;1-4(6)5-2-3-5/h4-6,11-13H,7-10H2,1-3H3;3-5,8-10H,2,6-7H2,1H3;1-3,6-8H,4-5H2,(H2,15,18);2*1-3,6-7,9H,4-5,8,15H2;1-3,6-8H,4-5H2,(H,17,18);7H,3-6H2,1-2H3;6H,2-5H2,1H3;5H,2-3H2,1H3/b;;;;;;11-8-;;. The van der Waals surface area contributed by atoms with E-state index in [4.69, 9.17) is 106 Å². The first-order chi connectivity index (χ1) is 71.0. The van der Waals surface area contributed by atoms with E-state index in [9.17, 15) is 53.1 Å². The van der Waals surface area contributed by atoms with E-state index in [2.05, 4.69) is 58.4 Å². The van der Waals surface area contributed by atoms with Crippen LogP contribution in [0, 0.1) is 17.8 Å². The van der Waals surface area contributed by atoms with Crippen LogP contribution in [0.4, 0.5) is 0 Å². The van der Waals surface area contributed by atoms with Gasteiger partial charge < -0.3 is 46.1 Å². The van der Waals surface area contributed by atoms with Crippen molar-refractivity contribution in [3.8, 4) is 34.1 Å². The Morgan fingerprint density at radius 1 is 0.385 bits per heavy atom. The summed E-state index contributed by atoms with van der Waals surface area (Å²) in [5, 5.41) is 44.0. The van der Waals surface area contributed by atoms with Crippen molar-refractivity contribution >= 4 is 134 Å². The zero-order valence-corrected chi connectivity index (χ0v) is 88.5. The van der Waals surface area contributed by atoms with Crippen LogP contribution in [0.3, 0.4) is 0 Å². The van der Waals surface area contributed by atoms with E-state index in [-0.39, 0.29) is 72.8 Å². The second kappa shape index (κ2) is 52.9. The van der Waals surface area contributed by atoms with Crippen LogP contribution in [0.25, 0.3) is 34.1 Å². The van der Waals surface area contributed by atoms with Gasteiger partial charge in [0.1, 0.15) is 35.8 Å². The molecule has 32 nitrogen and oxygen atoms in total. The molecule has 0 bridgehead atoms. The zero-order valence-electron chi connectivity index (χ0n) is 84.0. The highest BCUT2D eigenvalue weighted by Gasteiger charge is 2.38. The number of carbonyl (C=O) groups excluding carboxylic acids is 9. The van der Waals surface area contributed by atoms with E-state index < -0.39 is 35.2 Å². The second-order valence-corrected chi connectivity index (χ2v) is 40.8. The predicted octanol–water partition coefficient (Wildman–Crippen LogP) is 22.0. The molecule has 0 unspecified atom stereocenters. The maximum Gasteiger partial charge on any atom is 0.375 e. The summed E-state index contributed by atoms with van der Waals surface area (Å²) in [6.07, 6.45) is 20.6. The number of benzene rings is 6. The minimum atomic E-state index is -0.977. The Balaban J connectivity index is 0.000000141.